The molecule has 1 atom stereocenters. The molecule has 2 N–H and O–H groups in total. The van der Waals surface area contributed by atoms with Crippen LogP contribution < -0.4 is 14.9 Å². The average molecular weight is 377 g/mol. The lowest BCUT2D eigenvalue weighted by Crippen LogP contribution is -2.44. The average Bonchev–Trinajstić information content (AvgIpc) is 2.85. The summed E-state index contributed by atoms with van der Waals surface area (Å²) >= 11 is 0. The summed E-state index contributed by atoms with van der Waals surface area (Å²) < 4.78 is 25.3. The van der Waals surface area contributed by atoms with Crippen molar-refractivity contribution in [1.82, 2.24) is 10.6 Å². The van der Waals surface area contributed by atoms with Crippen LogP contribution in [0.1, 0.15) is 31.2 Å². The predicted molar refractivity (Wildman–Crippen MR) is 100 cm³/mol. The van der Waals surface area contributed by atoms with E-state index in [-0.39, 0.29) is 17.6 Å². The summed E-state index contributed by atoms with van der Waals surface area (Å²) in [6.07, 6.45) is 6.14. The third-order valence-electron chi connectivity index (χ3n) is 4.56. The van der Waals surface area contributed by atoms with Crippen LogP contribution in [0.3, 0.4) is 0 Å². The van der Waals surface area contributed by atoms with Crippen molar-refractivity contribution in [3.8, 4) is 0 Å². The molecule has 7 nitrogen and oxygen atoms in total. The van der Waals surface area contributed by atoms with Crippen molar-refractivity contribution >= 4 is 33.6 Å². The van der Waals surface area contributed by atoms with Gasteiger partial charge in [-0.3, -0.25) is 13.9 Å². The first-order chi connectivity index (χ1) is 12.5. The van der Waals surface area contributed by atoms with Crippen molar-refractivity contribution in [2.45, 2.75) is 31.7 Å². The Balaban J connectivity index is 1.59. The topological polar surface area (TPSA) is 95.6 Å². The molecule has 140 valence electrons. The number of nitrogens with zero attached hydrogens (tertiary/aromatic N) is 1. The number of carbonyl (C=O) groups is 2. The van der Waals surface area contributed by atoms with E-state index in [1.54, 1.807) is 30.3 Å². The molecule has 0 bridgehead atoms. The second-order valence-electron chi connectivity index (χ2n) is 6.51. The van der Waals surface area contributed by atoms with Crippen LogP contribution in [0.4, 0.5) is 5.69 Å². The Morgan fingerprint density at radius 1 is 1.19 bits per heavy atom. The van der Waals surface area contributed by atoms with E-state index in [1.165, 1.54) is 10.4 Å². The summed E-state index contributed by atoms with van der Waals surface area (Å²) in [6.45, 7) is 1.16. The van der Waals surface area contributed by atoms with E-state index in [1.807, 2.05) is 0 Å². The largest absolute Gasteiger partial charge is 0.354 e. The lowest BCUT2D eigenvalue weighted by atomic mass is 10.1. The SMILES string of the molecule is O=C(C=Cc1ccc(N2CCCS2(=O)=O)cc1)NC1CCCCNC1=O. The highest BCUT2D eigenvalue weighted by atomic mass is 32.2. The molecule has 0 spiro atoms. The summed E-state index contributed by atoms with van der Waals surface area (Å²) in [5, 5.41) is 5.50. The first-order valence-corrected chi connectivity index (χ1v) is 10.4. The summed E-state index contributed by atoms with van der Waals surface area (Å²) in [5.41, 5.74) is 1.42. The van der Waals surface area contributed by atoms with E-state index in [9.17, 15) is 18.0 Å². The summed E-state index contributed by atoms with van der Waals surface area (Å²) in [5.74, 6) is -0.275. The number of nitrogens with one attached hydrogen (secondary N) is 2. The first-order valence-electron chi connectivity index (χ1n) is 8.82. The van der Waals surface area contributed by atoms with Crippen LogP contribution >= 0.6 is 0 Å². The van der Waals surface area contributed by atoms with Gasteiger partial charge in [0.05, 0.1) is 11.4 Å². The molecule has 26 heavy (non-hydrogen) atoms. The third-order valence-corrected chi connectivity index (χ3v) is 6.43. The minimum Gasteiger partial charge on any atom is -0.354 e. The van der Waals surface area contributed by atoms with Gasteiger partial charge in [0.2, 0.25) is 21.8 Å². The van der Waals surface area contributed by atoms with Crippen molar-refractivity contribution in [2.75, 3.05) is 23.1 Å². The lowest BCUT2D eigenvalue weighted by molar-refractivity contribution is -0.126. The molecular weight excluding hydrogens is 354 g/mol. The van der Waals surface area contributed by atoms with Crippen LogP contribution in [-0.4, -0.2) is 45.1 Å². The normalized spacial score (nSPS) is 22.8. The van der Waals surface area contributed by atoms with Crippen LogP contribution in [0.25, 0.3) is 6.08 Å². The molecule has 2 aliphatic heterocycles. The van der Waals surface area contributed by atoms with Crippen LogP contribution in [-0.2, 0) is 19.6 Å². The minimum atomic E-state index is -3.19. The van der Waals surface area contributed by atoms with Gasteiger partial charge >= 0.3 is 0 Å². The molecule has 1 aromatic rings. The lowest BCUT2D eigenvalue weighted by Gasteiger charge is -2.16. The van der Waals surface area contributed by atoms with Gasteiger partial charge in [0.1, 0.15) is 6.04 Å². The summed E-state index contributed by atoms with van der Waals surface area (Å²) in [4.78, 5) is 23.9. The van der Waals surface area contributed by atoms with Gasteiger partial charge in [-0.2, -0.15) is 0 Å². The van der Waals surface area contributed by atoms with E-state index in [0.29, 0.717) is 31.6 Å². The highest BCUT2D eigenvalue weighted by Gasteiger charge is 2.28. The number of hydrogen-bond acceptors (Lipinski definition) is 4. The molecule has 2 saturated heterocycles. The number of carbonyl (C=O) groups excluding carboxylic acids is 2. The van der Waals surface area contributed by atoms with Crippen molar-refractivity contribution in [1.29, 1.82) is 0 Å². The van der Waals surface area contributed by atoms with E-state index >= 15 is 0 Å². The van der Waals surface area contributed by atoms with Crippen molar-refractivity contribution in [3.05, 3.63) is 35.9 Å². The maximum absolute atomic E-state index is 12.0. The molecule has 2 amide bonds. The maximum Gasteiger partial charge on any atom is 0.244 e. The second-order valence-corrected chi connectivity index (χ2v) is 8.53. The highest BCUT2D eigenvalue weighted by molar-refractivity contribution is 7.93. The van der Waals surface area contributed by atoms with Crippen LogP contribution in [0, 0.1) is 0 Å². The summed E-state index contributed by atoms with van der Waals surface area (Å²) in [6, 6.07) is 6.52. The Labute approximate surface area is 153 Å². The monoisotopic (exact) mass is 377 g/mol. The van der Waals surface area contributed by atoms with Gasteiger partial charge in [0, 0.05) is 19.2 Å². The molecule has 0 radical (unpaired) electrons. The number of sulfonamides is 1. The molecule has 2 aliphatic rings. The fourth-order valence-electron chi connectivity index (χ4n) is 3.15. The fourth-order valence-corrected chi connectivity index (χ4v) is 4.71. The molecular formula is C18H23N3O4S. The quantitative estimate of drug-likeness (QED) is 0.766. The van der Waals surface area contributed by atoms with Gasteiger partial charge in [-0.25, -0.2) is 8.42 Å². The predicted octanol–water partition coefficient (Wildman–Crippen LogP) is 1.02. The number of anilines is 1. The molecule has 2 fully saturated rings. The number of benzene rings is 1. The van der Waals surface area contributed by atoms with E-state index < -0.39 is 16.1 Å². The van der Waals surface area contributed by atoms with Gasteiger partial charge in [0.25, 0.3) is 0 Å². The summed E-state index contributed by atoms with van der Waals surface area (Å²) in [7, 11) is -3.19. The van der Waals surface area contributed by atoms with E-state index in [4.69, 9.17) is 0 Å². The van der Waals surface area contributed by atoms with E-state index in [0.717, 1.165) is 18.4 Å². The highest BCUT2D eigenvalue weighted by Crippen LogP contribution is 2.24. The molecule has 1 unspecified atom stereocenters. The first kappa shape index (κ1) is 18.4. The van der Waals surface area contributed by atoms with Gasteiger partial charge in [-0.15, -0.1) is 0 Å². The smallest absolute Gasteiger partial charge is 0.244 e. The zero-order valence-corrected chi connectivity index (χ0v) is 15.3. The van der Waals surface area contributed by atoms with Crippen LogP contribution in [0.5, 0.6) is 0 Å². The Hall–Kier alpha value is -2.35. The van der Waals surface area contributed by atoms with Crippen LogP contribution in [0.15, 0.2) is 30.3 Å². The Morgan fingerprint density at radius 2 is 1.96 bits per heavy atom. The van der Waals surface area contributed by atoms with Crippen molar-refractivity contribution in [2.24, 2.45) is 0 Å². The van der Waals surface area contributed by atoms with Gasteiger partial charge < -0.3 is 10.6 Å². The second kappa shape index (κ2) is 7.90. The zero-order chi connectivity index (χ0) is 18.6. The molecule has 2 heterocycles. The van der Waals surface area contributed by atoms with Gasteiger partial charge in [-0.1, -0.05) is 12.1 Å². The number of hydrogen-bond donors (Lipinski definition) is 2. The van der Waals surface area contributed by atoms with Crippen molar-refractivity contribution in [3.63, 3.8) is 0 Å². The molecule has 1 aromatic carbocycles. The van der Waals surface area contributed by atoms with E-state index in [2.05, 4.69) is 10.6 Å². The van der Waals surface area contributed by atoms with Crippen molar-refractivity contribution < 1.29 is 18.0 Å². The molecule has 8 heteroatoms. The van der Waals surface area contributed by atoms with Gasteiger partial charge in [-0.05, 0) is 49.5 Å². The zero-order valence-electron chi connectivity index (χ0n) is 14.5. The Bertz CT molecular complexity index is 802. The fraction of sp³-hybridized carbons (Fsp3) is 0.444. The van der Waals surface area contributed by atoms with Crippen LogP contribution in [0.2, 0.25) is 0 Å². The van der Waals surface area contributed by atoms with Gasteiger partial charge in [0.15, 0.2) is 0 Å². The maximum atomic E-state index is 12.0. The third kappa shape index (κ3) is 4.43. The number of rotatable bonds is 4. The Morgan fingerprint density at radius 3 is 2.65 bits per heavy atom. The molecule has 0 aromatic heterocycles. The minimum absolute atomic E-state index is 0.138. The molecule has 3 rings (SSSR count). The number of amides is 2. The standard InChI is InChI=1S/C18H23N3O4S/c22-17(20-16-4-1-2-11-19-18(16)23)10-7-14-5-8-15(9-6-14)21-12-3-13-26(21,24)25/h5-10,16H,1-4,11-13H2,(H,19,23)(H,20,22). The molecule has 0 aliphatic carbocycles. The molecule has 0 saturated carbocycles. The Kier molecular flexibility index (Phi) is 5.61.